The summed E-state index contributed by atoms with van der Waals surface area (Å²) in [5, 5.41) is 0. The fourth-order valence-electron chi connectivity index (χ4n) is 1.32. The first kappa shape index (κ1) is 17.4. The van der Waals surface area contributed by atoms with Crippen LogP contribution in [0, 0.1) is 0 Å². The molecular weight excluding hydrogens is 293 g/mol. The molecule has 120 valence electrons. The summed E-state index contributed by atoms with van der Waals surface area (Å²) in [6.45, 7) is 1.34. The highest BCUT2D eigenvalue weighted by Gasteiger charge is 2.34. The normalized spacial score (nSPS) is 11.5. The van der Waals surface area contributed by atoms with Gasteiger partial charge in [-0.25, -0.2) is 10.8 Å². The van der Waals surface area contributed by atoms with Crippen molar-refractivity contribution < 1.29 is 27.4 Å². The van der Waals surface area contributed by atoms with Gasteiger partial charge in [-0.1, -0.05) is 0 Å². The van der Waals surface area contributed by atoms with E-state index in [0.717, 1.165) is 6.42 Å². The van der Waals surface area contributed by atoms with Gasteiger partial charge in [0.1, 0.15) is 6.61 Å². The number of rotatable bonds is 9. The minimum absolute atomic E-state index is 0.0608. The number of hydrogen-bond donors (Lipinski definition) is 2. The summed E-state index contributed by atoms with van der Waals surface area (Å²) in [6, 6.07) is 0.700. The lowest BCUT2D eigenvalue weighted by molar-refractivity contribution is -0.141. The zero-order valence-electron chi connectivity index (χ0n) is 11.4. The van der Waals surface area contributed by atoms with E-state index in [-0.39, 0.29) is 25.0 Å². The van der Waals surface area contributed by atoms with Crippen molar-refractivity contribution in [3.8, 4) is 5.88 Å². The van der Waals surface area contributed by atoms with Gasteiger partial charge in [-0.2, -0.15) is 18.2 Å². The van der Waals surface area contributed by atoms with Gasteiger partial charge in [-0.15, -0.1) is 0 Å². The monoisotopic (exact) mass is 310 g/mol. The molecular formula is C11H17F3N4O3. The molecule has 0 fully saturated rings. The van der Waals surface area contributed by atoms with Crippen LogP contribution >= 0.6 is 0 Å². The molecule has 0 aliphatic rings. The van der Waals surface area contributed by atoms with Crippen LogP contribution in [-0.2, 0) is 15.7 Å². The molecule has 0 aromatic carbocycles. The third-order valence-electron chi connectivity index (χ3n) is 2.24. The van der Waals surface area contributed by atoms with Crippen molar-refractivity contribution in [2.75, 3.05) is 39.0 Å². The number of nitrogens with zero attached hydrogens (tertiary/aromatic N) is 2. The highest BCUT2D eigenvalue weighted by atomic mass is 19.4. The Morgan fingerprint density at radius 2 is 1.95 bits per heavy atom. The third kappa shape index (κ3) is 6.56. The van der Waals surface area contributed by atoms with Crippen LogP contribution in [0.2, 0.25) is 0 Å². The number of nitrogen functional groups attached to an aromatic ring is 1. The average molecular weight is 310 g/mol. The van der Waals surface area contributed by atoms with Gasteiger partial charge in [0, 0.05) is 26.4 Å². The van der Waals surface area contributed by atoms with Crippen molar-refractivity contribution in [2.24, 2.45) is 5.84 Å². The molecule has 0 aliphatic carbocycles. The molecule has 0 amide bonds. The Hall–Kier alpha value is -1.65. The summed E-state index contributed by atoms with van der Waals surface area (Å²) in [7, 11) is 1.58. The lowest BCUT2D eigenvalue weighted by Crippen LogP contribution is -2.17. The minimum atomic E-state index is -4.61. The van der Waals surface area contributed by atoms with Gasteiger partial charge < -0.3 is 14.2 Å². The summed E-state index contributed by atoms with van der Waals surface area (Å²) < 4.78 is 52.9. The van der Waals surface area contributed by atoms with Gasteiger partial charge in [0.15, 0.2) is 5.69 Å². The maximum Gasteiger partial charge on any atom is 0.433 e. The molecule has 0 saturated heterocycles. The highest BCUT2D eigenvalue weighted by Crippen LogP contribution is 2.30. The van der Waals surface area contributed by atoms with E-state index in [4.69, 9.17) is 20.1 Å². The number of ether oxygens (including phenoxy) is 3. The highest BCUT2D eigenvalue weighted by molar-refractivity contribution is 5.30. The molecule has 1 heterocycles. The molecule has 7 nitrogen and oxygen atoms in total. The second kappa shape index (κ2) is 8.60. The number of anilines is 1. The molecule has 3 N–H and O–H groups in total. The van der Waals surface area contributed by atoms with Crippen molar-refractivity contribution in [3.05, 3.63) is 11.8 Å². The van der Waals surface area contributed by atoms with E-state index in [9.17, 15) is 13.2 Å². The third-order valence-corrected chi connectivity index (χ3v) is 2.24. The van der Waals surface area contributed by atoms with Crippen molar-refractivity contribution in [1.29, 1.82) is 0 Å². The fraction of sp³-hybridized carbons (Fsp3) is 0.636. The number of nitrogens with two attached hydrogens (primary N) is 1. The molecule has 0 aliphatic heterocycles. The second-order valence-corrected chi connectivity index (χ2v) is 3.86. The van der Waals surface area contributed by atoms with Crippen LogP contribution < -0.4 is 16.0 Å². The second-order valence-electron chi connectivity index (χ2n) is 3.86. The Morgan fingerprint density at radius 1 is 1.19 bits per heavy atom. The number of nitrogens with one attached hydrogen (secondary N) is 1. The van der Waals surface area contributed by atoms with E-state index in [1.54, 1.807) is 7.11 Å². The fourth-order valence-corrected chi connectivity index (χ4v) is 1.32. The Bertz CT molecular complexity index is 432. The zero-order valence-corrected chi connectivity index (χ0v) is 11.4. The number of halogens is 3. The summed E-state index contributed by atoms with van der Waals surface area (Å²) in [4.78, 5) is 6.87. The van der Waals surface area contributed by atoms with E-state index in [2.05, 4.69) is 9.97 Å². The summed E-state index contributed by atoms with van der Waals surface area (Å²) in [5.41, 5.74) is 0.820. The van der Waals surface area contributed by atoms with Gasteiger partial charge in [0.2, 0.25) is 11.8 Å². The molecule has 10 heteroatoms. The van der Waals surface area contributed by atoms with Gasteiger partial charge >= 0.3 is 6.18 Å². The molecule has 1 aromatic rings. The summed E-state index contributed by atoms with van der Waals surface area (Å²) in [5.74, 6) is 4.41. The Morgan fingerprint density at radius 3 is 2.57 bits per heavy atom. The number of alkyl halides is 3. The standard InChI is InChI=1S/C11H17F3N4O3/c1-19-3-2-4-20-5-6-21-9-7-8(11(12,13)14)16-10(17-9)18-15/h7H,2-6,15H2,1H3,(H,16,17,18). The van der Waals surface area contributed by atoms with E-state index in [1.165, 1.54) is 0 Å². The average Bonchev–Trinajstić information content (AvgIpc) is 2.45. The van der Waals surface area contributed by atoms with E-state index >= 15 is 0 Å². The van der Waals surface area contributed by atoms with Crippen LogP contribution in [0.4, 0.5) is 19.1 Å². The Balaban J connectivity index is 2.47. The predicted molar refractivity (Wildman–Crippen MR) is 67.7 cm³/mol. The lowest BCUT2D eigenvalue weighted by atomic mass is 10.4. The summed E-state index contributed by atoms with van der Waals surface area (Å²) in [6.07, 6.45) is -3.88. The molecule has 0 bridgehead atoms. The maximum atomic E-state index is 12.6. The van der Waals surface area contributed by atoms with E-state index in [1.807, 2.05) is 5.43 Å². The van der Waals surface area contributed by atoms with Gasteiger partial charge in [-0.05, 0) is 6.42 Å². The van der Waals surface area contributed by atoms with E-state index in [0.29, 0.717) is 19.3 Å². The molecule has 0 saturated carbocycles. The molecule has 0 radical (unpaired) electrons. The Labute approximate surface area is 119 Å². The number of hydrazine groups is 1. The molecule has 0 spiro atoms. The topological polar surface area (TPSA) is 91.5 Å². The van der Waals surface area contributed by atoms with Crippen molar-refractivity contribution in [3.63, 3.8) is 0 Å². The first-order valence-corrected chi connectivity index (χ1v) is 6.09. The molecule has 1 rings (SSSR count). The molecule has 0 atom stereocenters. The first-order valence-electron chi connectivity index (χ1n) is 6.09. The van der Waals surface area contributed by atoms with Crippen molar-refractivity contribution in [1.82, 2.24) is 9.97 Å². The predicted octanol–water partition coefficient (Wildman–Crippen LogP) is 1.21. The minimum Gasteiger partial charge on any atom is -0.475 e. The van der Waals surface area contributed by atoms with Crippen LogP contribution in [-0.4, -0.2) is 43.5 Å². The van der Waals surface area contributed by atoms with Crippen LogP contribution in [0.25, 0.3) is 0 Å². The van der Waals surface area contributed by atoms with Gasteiger partial charge in [0.25, 0.3) is 0 Å². The van der Waals surface area contributed by atoms with Crippen LogP contribution in [0.3, 0.4) is 0 Å². The SMILES string of the molecule is COCCCOCCOc1cc(C(F)(F)F)nc(NN)n1. The zero-order chi connectivity index (χ0) is 15.7. The quantitative estimate of drug-likeness (QED) is 0.402. The van der Waals surface area contributed by atoms with Crippen LogP contribution in [0.1, 0.15) is 12.1 Å². The Kier molecular flexibility index (Phi) is 7.12. The number of aromatic nitrogens is 2. The van der Waals surface area contributed by atoms with Gasteiger partial charge in [0.05, 0.1) is 6.61 Å². The number of hydrogen-bond acceptors (Lipinski definition) is 7. The van der Waals surface area contributed by atoms with Crippen molar-refractivity contribution >= 4 is 5.95 Å². The van der Waals surface area contributed by atoms with Crippen LogP contribution in [0.15, 0.2) is 6.07 Å². The van der Waals surface area contributed by atoms with Gasteiger partial charge in [-0.3, -0.25) is 5.43 Å². The van der Waals surface area contributed by atoms with Crippen LogP contribution in [0.5, 0.6) is 5.88 Å². The largest absolute Gasteiger partial charge is 0.475 e. The first-order chi connectivity index (χ1) is 9.97. The lowest BCUT2D eigenvalue weighted by Gasteiger charge is -2.11. The maximum absolute atomic E-state index is 12.6. The van der Waals surface area contributed by atoms with E-state index < -0.39 is 11.9 Å². The molecule has 0 unspecified atom stereocenters. The molecule has 1 aromatic heterocycles. The number of methoxy groups -OCH3 is 1. The molecule has 21 heavy (non-hydrogen) atoms. The smallest absolute Gasteiger partial charge is 0.433 e. The summed E-state index contributed by atoms with van der Waals surface area (Å²) >= 11 is 0. The van der Waals surface area contributed by atoms with Crippen molar-refractivity contribution in [2.45, 2.75) is 12.6 Å².